The van der Waals surface area contributed by atoms with Crippen LogP contribution in [0.15, 0.2) is 48.5 Å². The van der Waals surface area contributed by atoms with Crippen molar-refractivity contribution in [2.45, 2.75) is 77.6 Å². The molecule has 0 spiro atoms. The summed E-state index contributed by atoms with van der Waals surface area (Å²) in [5.41, 5.74) is 0. The maximum atomic E-state index is 2.46. The van der Waals surface area contributed by atoms with E-state index < -0.39 is 0 Å². The molecule has 2 aromatic heterocycles. The zero-order valence-corrected chi connectivity index (χ0v) is 21.4. The van der Waals surface area contributed by atoms with Crippen LogP contribution in [0.3, 0.4) is 0 Å². The Kier molecular flexibility index (Phi) is 6.15. The van der Waals surface area contributed by atoms with Crippen molar-refractivity contribution in [3.63, 3.8) is 0 Å². The van der Waals surface area contributed by atoms with Gasteiger partial charge in [0, 0.05) is 29.9 Å². The SMILES string of the molecule is CCCCCc1cc2ccc3cc4c(ccc5cc(CCCC6CCCC6)sc54)cc3c2s1. The third-order valence-electron chi connectivity index (χ3n) is 7.76. The Morgan fingerprint density at radius 3 is 1.79 bits per heavy atom. The summed E-state index contributed by atoms with van der Waals surface area (Å²) in [6.45, 7) is 2.29. The number of hydrogen-bond donors (Lipinski definition) is 0. The molecule has 0 amide bonds. The van der Waals surface area contributed by atoms with Crippen molar-refractivity contribution in [1.82, 2.24) is 0 Å². The van der Waals surface area contributed by atoms with Crippen LogP contribution in [0.25, 0.3) is 41.7 Å². The van der Waals surface area contributed by atoms with Crippen LogP contribution in [0, 0.1) is 5.92 Å². The van der Waals surface area contributed by atoms with Gasteiger partial charge in [-0.3, -0.25) is 0 Å². The van der Waals surface area contributed by atoms with Gasteiger partial charge < -0.3 is 0 Å². The molecule has 6 rings (SSSR count). The lowest BCUT2D eigenvalue weighted by Gasteiger charge is -2.06. The van der Waals surface area contributed by atoms with Gasteiger partial charge in [0.2, 0.25) is 0 Å². The topological polar surface area (TPSA) is 0 Å². The molecule has 0 nitrogen and oxygen atoms in total. The van der Waals surface area contributed by atoms with Crippen LogP contribution in [0.2, 0.25) is 0 Å². The monoisotopic (exact) mass is 470 g/mol. The molecule has 0 aliphatic heterocycles. The average Bonchev–Trinajstić information content (AvgIpc) is 3.57. The third-order valence-corrected chi connectivity index (χ3v) is 10.2. The number of hydrogen-bond acceptors (Lipinski definition) is 2. The molecule has 0 N–H and O–H groups in total. The Morgan fingerprint density at radius 2 is 1.21 bits per heavy atom. The lowest BCUT2D eigenvalue weighted by atomic mass is 10.00. The van der Waals surface area contributed by atoms with Crippen LogP contribution >= 0.6 is 22.7 Å². The molecule has 0 bridgehead atoms. The number of fused-ring (bicyclic) bond motifs is 6. The summed E-state index contributed by atoms with van der Waals surface area (Å²) in [6.07, 6.45) is 15.1. The van der Waals surface area contributed by atoms with Gasteiger partial charge in [-0.2, -0.15) is 0 Å². The first-order valence-corrected chi connectivity index (χ1v) is 14.7. The van der Waals surface area contributed by atoms with E-state index in [1.54, 1.807) is 9.75 Å². The maximum absolute atomic E-state index is 2.46. The van der Waals surface area contributed by atoms with Crippen LogP contribution in [0.5, 0.6) is 0 Å². The van der Waals surface area contributed by atoms with E-state index in [0.717, 1.165) is 5.92 Å². The molecule has 1 fully saturated rings. The predicted molar refractivity (Wildman–Crippen MR) is 150 cm³/mol. The van der Waals surface area contributed by atoms with Crippen molar-refractivity contribution in [2.75, 3.05) is 0 Å². The minimum absolute atomic E-state index is 1.01. The normalized spacial score (nSPS) is 15.1. The standard InChI is InChI=1S/C31H34S2/c1-2-3-4-11-26-17-24-15-13-22-20-29-23(19-28(22)30(24)32-26)14-16-25-18-27(33-31(25)29)12-7-10-21-8-5-6-9-21/h13-21H,2-12H2,1H3. The van der Waals surface area contributed by atoms with Crippen molar-refractivity contribution in [1.29, 1.82) is 0 Å². The first-order chi connectivity index (χ1) is 16.3. The van der Waals surface area contributed by atoms with Gasteiger partial charge in [0.15, 0.2) is 0 Å². The van der Waals surface area contributed by atoms with Crippen LogP contribution in [0.4, 0.5) is 0 Å². The highest BCUT2D eigenvalue weighted by molar-refractivity contribution is 7.20. The highest BCUT2D eigenvalue weighted by atomic mass is 32.1. The van der Waals surface area contributed by atoms with Crippen molar-refractivity contribution in [2.24, 2.45) is 5.92 Å². The van der Waals surface area contributed by atoms with Crippen molar-refractivity contribution in [3.05, 3.63) is 58.3 Å². The zero-order chi connectivity index (χ0) is 22.2. The van der Waals surface area contributed by atoms with Gasteiger partial charge in [0.1, 0.15) is 0 Å². The number of rotatable bonds is 8. The first kappa shape index (κ1) is 21.6. The molecule has 0 atom stereocenters. The Labute approximate surface area is 205 Å². The van der Waals surface area contributed by atoms with Gasteiger partial charge in [-0.25, -0.2) is 0 Å². The molecule has 2 heterocycles. The van der Waals surface area contributed by atoms with E-state index in [2.05, 4.69) is 55.5 Å². The average molecular weight is 471 g/mol. The second-order valence-electron chi connectivity index (χ2n) is 10.2. The van der Waals surface area contributed by atoms with Gasteiger partial charge >= 0.3 is 0 Å². The molecule has 1 aliphatic carbocycles. The van der Waals surface area contributed by atoms with E-state index >= 15 is 0 Å². The van der Waals surface area contributed by atoms with E-state index in [1.807, 2.05) is 22.7 Å². The van der Waals surface area contributed by atoms with Gasteiger partial charge in [0.25, 0.3) is 0 Å². The minimum Gasteiger partial charge on any atom is -0.140 e. The molecule has 1 aliphatic rings. The number of benzene rings is 3. The summed E-state index contributed by atoms with van der Waals surface area (Å²) >= 11 is 4.05. The van der Waals surface area contributed by atoms with E-state index in [-0.39, 0.29) is 0 Å². The fraction of sp³-hybridized carbons (Fsp3) is 0.419. The van der Waals surface area contributed by atoms with Gasteiger partial charge in [-0.05, 0) is 77.4 Å². The maximum Gasteiger partial charge on any atom is 0.0424 e. The van der Waals surface area contributed by atoms with Gasteiger partial charge in [-0.1, -0.05) is 76.1 Å². The molecule has 2 heteroatoms. The Bertz CT molecular complexity index is 1410. The van der Waals surface area contributed by atoms with E-state index in [9.17, 15) is 0 Å². The molecule has 170 valence electrons. The lowest BCUT2D eigenvalue weighted by molar-refractivity contribution is 0.485. The number of thiophene rings is 2. The summed E-state index contributed by atoms with van der Waals surface area (Å²) in [6, 6.07) is 19.2. The summed E-state index contributed by atoms with van der Waals surface area (Å²) < 4.78 is 2.96. The molecule has 5 aromatic rings. The van der Waals surface area contributed by atoms with E-state index in [1.165, 1.54) is 112 Å². The number of aryl methyl sites for hydroxylation is 2. The molecule has 0 radical (unpaired) electrons. The first-order valence-electron chi connectivity index (χ1n) is 13.1. The third kappa shape index (κ3) is 4.33. The van der Waals surface area contributed by atoms with Crippen molar-refractivity contribution >= 4 is 64.4 Å². The van der Waals surface area contributed by atoms with Crippen molar-refractivity contribution < 1.29 is 0 Å². The second kappa shape index (κ2) is 9.39. The Hall–Kier alpha value is -1.90. The molecule has 0 unspecified atom stereocenters. The molecular weight excluding hydrogens is 436 g/mol. The quantitative estimate of drug-likeness (QED) is 0.156. The van der Waals surface area contributed by atoms with Crippen LogP contribution < -0.4 is 0 Å². The fourth-order valence-corrected chi connectivity index (χ4v) is 8.36. The zero-order valence-electron chi connectivity index (χ0n) is 19.8. The molecule has 33 heavy (non-hydrogen) atoms. The second-order valence-corrected chi connectivity index (χ2v) is 12.5. The highest BCUT2D eigenvalue weighted by Crippen LogP contribution is 2.39. The van der Waals surface area contributed by atoms with Crippen LogP contribution in [0.1, 0.15) is 74.5 Å². The highest BCUT2D eigenvalue weighted by Gasteiger charge is 2.15. The largest absolute Gasteiger partial charge is 0.140 e. The van der Waals surface area contributed by atoms with Crippen molar-refractivity contribution in [3.8, 4) is 0 Å². The van der Waals surface area contributed by atoms with Crippen LogP contribution in [-0.2, 0) is 12.8 Å². The fourth-order valence-electron chi connectivity index (χ4n) is 5.91. The number of unbranched alkanes of at least 4 members (excludes halogenated alkanes) is 2. The summed E-state index contributed by atoms with van der Waals surface area (Å²) in [7, 11) is 0. The molecular formula is C31H34S2. The lowest BCUT2D eigenvalue weighted by Crippen LogP contribution is -1.93. The predicted octanol–water partition coefficient (Wildman–Crippen LogP) is 10.7. The van der Waals surface area contributed by atoms with E-state index in [4.69, 9.17) is 0 Å². The van der Waals surface area contributed by atoms with Crippen LogP contribution in [-0.4, -0.2) is 0 Å². The smallest absolute Gasteiger partial charge is 0.0424 e. The summed E-state index contributed by atoms with van der Waals surface area (Å²) in [5.74, 6) is 1.01. The van der Waals surface area contributed by atoms with Gasteiger partial charge in [0.05, 0.1) is 0 Å². The van der Waals surface area contributed by atoms with Gasteiger partial charge in [-0.15, -0.1) is 22.7 Å². The molecule has 1 saturated carbocycles. The van der Waals surface area contributed by atoms with E-state index in [0.29, 0.717) is 0 Å². The molecule has 0 saturated heterocycles. The Balaban J connectivity index is 1.33. The summed E-state index contributed by atoms with van der Waals surface area (Å²) in [5, 5.41) is 8.49. The summed E-state index contributed by atoms with van der Waals surface area (Å²) in [4.78, 5) is 3.11. The Morgan fingerprint density at radius 1 is 0.667 bits per heavy atom. The minimum atomic E-state index is 1.01. The molecule has 3 aromatic carbocycles.